The number of carbonyl (C=O) groups excluding carboxylic acids is 1. The highest BCUT2D eigenvalue weighted by Gasteiger charge is 2.17. The van der Waals surface area contributed by atoms with E-state index in [-0.39, 0.29) is 11.6 Å². The lowest BCUT2D eigenvalue weighted by Gasteiger charge is -2.06. The number of hydrogen-bond donors (Lipinski definition) is 1. The number of hydrazone groups is 1. The van der Waals surface area contributed by atoms with E-state index in [1.807, 2.05) is 6.92 Å². The molecule has 0 unspecified atom stereocenters. The molecule has 8 nitrogen and oxygen atoms in total. The predicted molar refractivity (Wildman–Crippen MR) is 99.6 cm³/mol. The van der Waals surface area contributed by atoms with Crippen LogP contribution in [0.5, 0.6) is 0 Å². The summed E-state index contributed by atoms with van der Waals surface area (Å²) in [6, 6.07) is 9.85. The maximum atomic E-state index is 11.9. The Morgan fingerprint density at radius 2 is 2.04 bits per heavy atom. The van der Waals surface area contributed by atoms with Gasteiger partial charge in [-0.1, -0.05) is 0 Å². The summed E-state index contributed by atoms with van der Waals surface area (Å²) in [6.45, 7) is 3.51. The van der Waals surface area contributed by atoms with E-state index in [0.717, 1.165) is 11.1 Å². The summed E-state index contributed by atoms with van der Waals surface area (Å²) in [5.41, 5.74) is 4.98. The van der Waals surface area contributed by atoms with Crippen LogP contribution in [-0.4, -0.2) is 22.0 Å². The molecule has 0 aliphatic rings. The third kappa shape index (κ3) is 3.90. The number of benzene rings is 1. The number of nitro groups is 1. The van der Waals surface area contributed by atoms with E-state index in [0.29, 0.717) is 22.6 Å². The lowest BCUT2D eigenvalue weighted by atomic mass is 10.00. The Morgan fingerprint density at radius 3 is 2.74 bits per heavy atom. The summed E-state index contributed by atoms with van der Waals surface area (Å²) in [7, 11) is 0. The Morgan fingerprint density at radius 1 is 1.22 bits per heavy atom. The van der Waals surface area contributed by atoms with E-state index < -0.39 is 4.92 Å². The fourth-order valence-electron chi connectivity index (χ4n) is 2.55. The van der Waals surface area contributed by atoms with Crippen LogP contribution in [0.1, 0.15) is 27.2 Å². The number of rotatable bonds is 5. The van der Waals surface area contributed by atoms with Crippen molar-refractivity contribution in [3.63, 3.8) is 0 Å². The summed E-state index contributed by atoms with van der Waals surface area (Å²) >= 11 is 0. The van der Waals surface area contributed by atoms with E-state index in [1.165, 1.54) is 18.5 Å². The molecule has 27 heavy (non-hydrogen) atoms. The number of hydrogen-bond acceptors (Lipinski definition) is 6. The lowest BCUT2D eigenvalue weighted by molar-refractivity contribution is -0.385. The van der Waals surface area contributed by atoms with Gasteiger partial charge < -0.3 is 4.42 Å². The van der Waals surface area contributed by atoms with Gasteiger partial charge in [-0.05, 0) is 49.7 Å². The second kappa shape index (κ2) is 7.61. The molecule has 0 aliphatic carbocycles. The highest BCUT2D eigenvalue weighted by atomic mass is 16.6. The van der Waals surface area contributed by atoms with Crippen LogP contribution in [0.3, 0.4) is 0 Å². The van der Waals surface area contributed by atoms with Crippen molar-refractivity contribution in [2.45, 2.75) is 13.8 Å². The number of amides is 1. The minimum atomic E-state index is -0.405. The zero-order valence-electron chi connectivity index (χ0n) is 14.7. The van der Waals surface area contributed by atoms with Crippen molar-refractivity contribution >= 4 is 17.8 Å². The molecule has 0 atom stereocenters. The van der Waals surface area contributed by atoms with Gasteiger partial charge in [-0.2, -0.15) is 5.10 Å². The van der Waals surface area contributed by atoms with Crippen LogP contribution in [0, 0.1) is 24.0 Å². The molecule has 1 N–H and O–H groups in total. The summed E-state index contributed by atoms with van der Waals surface area (Å²) in [4.78, 5) is 26.4. The topological polar surface area (TPSA) is 111 Å². The first kappa shape index (κ1) is 18.0. The van der Waals surface area contributed by atoms with Crippen LogP contribution in [0.4, 0.5) is 5.69 Å². The van der Waals surface area contributed by atoms with Gasteiger partial charge in [0.25, 0.3) is 11.6 Å². The smallest absolute Gasteiger partial charge is 0.272 e. The average molecular weight is 364 g/mol. The lowest BCUT2D eigenvalue weighted by Crippen LogP contribution is -2.17. The molecule has 0 saturated heterocycles. The van der Waals surface area contributed by atoms with E-state index in [1.54, 1.807) is 43.5 Å². The summed E-state index contributed by atoms with van der Waals surface area (Å²) < 4.78 is 5.71. The molecule has 3 rings (SSSR count). The Hall–Kier alpha value is -3.81. The third-order valence-corrected chi connectivity index (χ3v) is 4.13. The maximum absolute atomic E-state index is 11.9. The molecule has 2 heterocycles. The molecular weight excluding hydrogens is 348 g/mol. The van der Waals surface area contributed by atoms with Gasteiger partial charge in [0.15, 0.2) is 0 Å². The quantitative estimate of drug-likeness (QED) is 0.422. The van der Waals surface area contributed by atoms with Crippen LogP contribution >= 0.6 is 0 Å². The number of nitro benzene ring substituents is 1. The van der Waals surface area contributed by atoms with Crippen LogP contribution in [0.25, 0.3) is 11.3 Å². The first-order valence-corrected chi connectivity index (χ1v) is 8.05. The Labute approximate surface area is 154 Å². The van der Waals surface area contributed by atoms with Crippen molar-refractivity contribution < 1.29 is 14.1 Å². The van der Waals surface area contributed by atoms with Gasteiger partial charge in [-0.3, -0.25) is 19.9 Å². The molecule has 0 radical (unpaired) electrons. The highest BCUT2D eigenvalue weighted by molar-refractivity contribution is 5.94. The molecular formula is C19H16N4O4. The second-order valence-corrected chi connectivity index (χ2v) is 5.78. The number of furan rings is 1. The fraction of sp³-hybridized carbons (Fsp3) is 0.105. The van der Waals surface area contributed by atoms with Crippen LogP contribution in [-0.2, 0) is 0 Å². The molecule has 3 aromatic rings. The molecule has 0 fully saturated rings. The van der Waals surface area contributed by atoms with Gasteiger partial charge in [-0.25, -0.2) is 5.43 Å². The van der Waals surface area contributed by atoms with Crippen molar-refractivity contribution in [2.24, 2.45) is 5.10 Å². The highest BCUT2D eigenvalue weighted by Crippen LogP contribution is 2.31. The minimum absolute atomic E-state index is 0.0720. The zero-order valence-corrected chi connectivity index (χ0v) is 14.7. The average Bonchev–Trinajstić information content (AvgIpc) is 3.12. The molecule has 8 heteroatoms. The summed E-state index contributed by atoms with van der Waals surface area (Å²) in [5.74, 6) is 0.616. The van der Waals surface area contributed by atoms with Crippen molar-refractivity contribution in [1.82, 2.24) is 10.4 Å². The Kier molecular flexibility index (Phi) is 5.07. The van der Waals surface area contributed by atoms with Crippen LogP contribution in [0.2, 0.25) is 0 Å². The SMILES string of the molecule is Cc1c(-c2ccc(C=NNC(=O)c3cccnc3)o2)ccc([N+](=O)[O-])c1C. The number of nitrogens with one attached hydrogen (secondary N) is 1. The van der Waals surface area contributed by atoms with E-state index in [9.17, 15) is 14.9 Å². The molecule has 2 aromatic heterocycles. The van der Waals surface area contributed by atoms with Gasteiger partial charge in [-0.15, -0.1) is 0 Å². The van der Waals surface area contributed by atoms with Gasteiger partial charge in [0.2, 0.25) is 0 Å². The van der Waals surface area contributed by atoms with Crippen molar-refractivity contribution in [1.29, 1.82) is 0 Å². The van der Waals surface area contributed by atoms with Crippen molar-refractivity contribution in [3.05, 3.63) is 81.4 Å². The second-order valence-electron chi connectivity index (χ2n) is 5.78. The van der Waals surface area contributed by atoms with E-state index >= 15 is 0 Å². The molecule has 0 saturated carbocycles. The Bertz CT molecular complexity index is 1030. The third-order valence-electron chi connectivity index (χ3n) is 4.13. The summed E-state index contributed by atoms with van der Waals surface area (Å²) in [5, 5.41) is 14.9. The summed E-state index contributed by atoms with van der Waals surface area (Å²) in [6.07, 6.45) is 4.40. The number of carbonyl (C=O) groups is 1. The van der Waals surface area contributed by atoms with Gasteiger partial charge >= 0.3 is 0 Å². The fourth-order valence-corrected chi connectivity index (χ4v) is 2.55. The van der Waals surface area contributed by atoms with Gasteiger partial charge in [0.1, 0.15) is 11.5 Å². The predicted octanol–water partition coefficient (Wildman–Crippen LogP) is 3.63. The molecule has 0 bridgehead atoms. The largest absolute Gasteiger partial charge is 0.455 e. The number of nitrogens with zero attached hydrogens (tertiary/aromatic N) is 3. The zero-order chi connectivity index (χ0) is 19.4. The minimum Gasteiger partial charge on any atom is -0.455 e. The number of aromatic nitrogens is 1. The van der Waals surface area contributed by atoms with Crippen molar-refractivity contribution in [3.8, 4) is 11.3 Å². The standard InChI is InChI=1S/C19H16N4O4/c1-12-13(2)17(23(25)26)7-6-16(12)18-8-5-15(27-18)11-21-22-19(24)14-4-3-9-20-10-14/h3-11H,1-2H3,(H,22,24). The monoisotopic (exact) mass is 364 g/mol. The maximum Gasteiger partial charge on any atom is 0.272 e. The van der Waals surface area contributed by atoms with Crippen LogP contribution in [0.15, 0.2) is 58.3 Å². The van der Waals surface area contributed by atoms with E-state index in [4.69, 9.17) is 4.42 Å². The normalized spacial score (nSPS) is 10.9. The molecule has 1 amide bonds. The molecule has 136 valence electrons. The van der Waals surface area contributed by atoms with Gasteiger partial charge in [0, 0.05) is 29.6 Å². The van der Waals surface area contributed by atoms with Crippen molar-refractivity contribution in [2.75, 3.05) is 0 Å². The Balaban J connectivity index is 1.75. The molecule has 0 spiro atoms. The molecule has 1 aromatic carbocycles. The first-order chi connectivity index (χ1) is 13.0. The molecule has 0 aliphatic heterocycles. The van der Waals surface area contributed by atoms with Crippen LogP contribution < -0.4 is 5.43 Å². The van der Waals surface area contributed by atoms with E-state index in [2.05, 4.69) is 15.5 Å². The first-order valence-electron chi connectivity index (χ1n) is 8.05. The number of pyridine rings is 1. The van der Waals surface area contributed by atoms with Gasteiger partial charge in [0.05, 0.1) is 16.7 Å².